The number of fused-ring (bicyclic) bond motifs is 12. The second kappa shape index (κ2) is 15.3. The number of hydrogen-bond donors (Lipinski definition) is 0. The molecule has 0 saturated carbocycles. The molecule has 60 heavy (non-hydrogen) atoms. The van der Waals surface area contributed by atoms with Crippen LogP contribution in [0.5, 0.6) is 0 Å². The van der Waals surface area contributed by atoms with Crippen molar-refractivity contribution in [1.82, 2.24) is 19.6 Å². The van der Waals surface area contributed by atoms with Crippen LogP contribution in [-0.2, 0) is 57.3 Å². The lowest BCUT2D eigenvalue weighted by molar-refractivity contribution is -0.169. The molecule has 12 atom stereocenters. The molecule has 16 nitrogen and oxygen atoms in total. The monoisotopic (exact) mass is 828 g/mol. The van der Waals surface area contributed by atoms with Gasteiger partial charge in [0.25, 0.3) is 0 Å². The van der Waals surface area contributed by atoms with Crippen molar-refractivity contribution in [2.75, 3.05) is 0 Å². The van der Waals surface area contributed by atoms with Gasteiger partial charge in [-0.1, -0.05) is 24.3 Å². The largest absolute Gasteiger partial charge is 0.460 e. The quantitative estimate of drug-likeness (QED) is 0.230. The zero-order valence-corrected chi connectivity index (χ0v) is 34.4. The van der Waals surface area contributed by atoms with Crippen LogP contribution in [0.4, 0.5) is 0 Å². The fraction of sp³-hybridized carbons (Fsp3) is 0.636. The van der Waals surface area contributed by atoms with E-state index < -0.39 is 48.6 Å². The van der Waals surface area contributed by atoms with Gasteiger partial charge in [0.1, 0.15) is 48.6 Å². The molecule has 6 fully saturated rings. The highest BCUT2D eigenvalue weighted by Crippen LogP contribution is 2.49. The first-order valence-corrected chi connectivity index (χ1v) is 21.5. The third-order valence-corrected chi connectivity index (χ3v) is 14.0. The minimum atomic E-state index is -0.583. The Bertz CT molecular complexity index is 1780. The van der Waals surface area contributed by atoms with Crippen LogP contribution in [0.25, 0.3) is 0 Å². The fourth-order valence-electron chi connectivity index (χ4n) is 12.1. The number of carbonyl (C=O) groups excluding carboxylic acids is 8. The summed E-state index contributed by atoms with van der Waals surface area (Å²) in [5, 5.41) is 0. The summed E-state index contributed by atoms with van der Waals surface area (Å²) in [6, 6.07) is -3.75. The molecular weight excluding hydrogens is 776 g/mol. The van der Waals surface area contributed by atoms with Crippen LogP contribution in [0.1, 0.15) is 105 Å². The SMILES string of the molecule is CC(=O)O[C@H]1CCC=C2C[C@H]3C(=O)N4[C@@H](CC5=CCC[C@H](OC(C)=O)[C@H]54)C(=O)N3[C@@H]21.CC(=O)O[C@H]1CCC=C2C[C@H]3C(=O)N4[C@@H](CC5=CCC[C@H](OC(C)=O)[C@H]54)C(=O)N3[C@@H]21. The number of amides is 4. The zero-order chi connectivity index (χ0) is 42.3. The summed E-state index contributed by atoms with van der Waals surface area (Å²) in [4.78, 5) is 108. The smallest absolute Gasteiger partial charge is 0.302 e. The molecule has 0 unspecified atom stereocenters. The van der Waals surface area contributed by atoms with E-state index in [1.54, 1.807) is 19.6 Å². The van der Waals surface area contributed by atoms with Gasteiger partial charge >= 0.3 is 23.9 Å². The molecule has 0 spiro atoms. The van der Waals surface area contributed by atoms with Crippen molar-refractivity contribution >= 4 is 47.5 Å². The standard InChI is InChI=1S/2C22H26N2O6/c2*1-11(25)29-17-7-3-5-13-9-15-22(28)24-16(21(27)23(15)19(13)17)10-14-6-4-8-18(20(14)24)30-12(2)26/h2*5-6,15-20H,3-4,7-10H2,1-2H3/t2*15-,16-,17-,18-,19-,20-/m00/s1. The van der Waals surface area contributed by atoms with E-state index in [0.717, 1.165) is 48.0 Å². The minimum Gasteiger partial charge on any atom is -0.460 e. The van der Waals surface area contributed by atoms with E-state index in [2.05, 4.69) is 24.3 Å². The second-order valence-electron chi connectivity index (χ2n) is 17.7. The molecule has 16 heteroatoms. The number of rotatable bonds is 4. The molecule has 0 aromatic carbocycles. The van der Waals surface area contributed by atoms with Gasteiger partial charge in [0, 0.05) is 27.7 Å². The highest BCUT2D eigenvalue weighted by Gasteiger charge is 2.63. The van der Waals surface area contributed by atoms with E-state index in [1.807, 2.05) is 0 Å². The van der Waals surface area contributed by atoms with Crippen LogP contribution >= 0.6 is 0 Å². The van der Waals surface area contributed by atoms with Crippen LogP contribution in [-0.4, -0.2) is 140 Å². The van der Waals surface area contributed by atoms with E-state index in [1.165, 1.54) is 27.7 Å². The Morgan fingerprint density at radius 1 is 0.400 bits per heavy atom. The summed E-state index contributed by atoms with van der Waals surface area (Å²) >= 11 is 0. The molecule has 0 aromatic rings. The molecule has 6 saturated heterocycles. The van der Waals surface area contributed by atoms with Crippen LogP contribution < -0.4 is 0 Å². The van der Waals surface area contributed by atoms with Crippen LogP contribution in [0.15, 0.2) is 46.6 Å². The predicted molar refractivity (Wildman–Crippen MR) is 208 cm³/mol. The Hall–Kier alpha value is -5.28. The van der Waals surface area contributed by atoms with Crippen molar-refractivity contribution in [2.45, 2.75) is 177 Å². The van der Waals surface area contributed by atoms with Gasteiger partial charge in [-0.15, -0.1) is 0 Å². The molecule has 4 amide bonds. The molecule has 0 bridgehead atoms. The summed E-state index contributed by atoms with van der Waals surface area (Å²) < 4.78 is 22.1. The molecule has 6 aliphatic heterocycles. The van der Waals surface area contributed by atoms with E-state index >= 15 is 0 Å². The lowest BCUT2D eigenvalue weighted by Gasteiger charge is -2.45. The molecular formula is C44H52N4O12. The number of allylic oxidation sites excluding steroid dienone is 4. The van der Waals surface area contributed by atoms with Gasteiger partial charge in [-0.2, -0.15) is 0 Å². The number of nitrogens with zero attached hydrogens (tertiary/aromatic N) is 4. The van der Waals surface area contributed by atoms with Crippen molar-refractivity contribution in [3.8, 4) is 0 Å². The second-order valence-corrected chi connectivity index (χ2v) is 17.7. The third kappa shape index (κ3) is 6.55. The van der Waals surface area contributed by atoms with E-state index in [-0.39, 0.29) is 71.7 Å². The summed E-state index contributed by atoms with van der Waals surface area (Å²) in [6.07, 6.45) is 14.3. The maximum Gasteiger partial charge on any atom is 0.302 e. The maximum atomic E-state index is 13.6. The van der Waals surface area contributed by atoms with Crippen molar-refractivity contribution in [2.24, 2.45) is 0 Å². The van der Waals surface area contributed by atoms with E-state index in [9.17, 15) is 38.4 Å². The summed E-state index contributed by atoms with van der Waals surface area (Å²) in [5.74, 6) is -1.86. The van der Waals surface area contributed by atoms with E-state index in [4.69, 9.17) is 18.9 Å². The van der Waals surface area contributed by atoms with Crippen molar-refractivity contribution in [3.05, 3.63) is 46.6 Å². The van der Waals surface area contributed by atoms with Gasteiger partial charge in [0.15, 0.2) is 0 Å². The molecule has 10 rings (SSSR count). The Morgan fingerprint density at radius 3 is 0.783 bits per heavy atom. The first kappa shape index (κ1) is 40.1. The van der Waals surface area contributed by atoms with Gasteiger partial charge in [0.05, 0.1) is 24.2 Å². The van der Waals surface area contributed by atoms with Gasteiger partial charge in [-0.3, -0.25) is 38.4 Å². The lowest BCUT2D eigenvalue weighted by Crippen LogP contribution is -2.66. The number of ether oxygens (including phenoxy) is 4. The number of hydrogen-bond acceptors (Lipinski definition) is 12. The number of carbonyl (C=O) groups is 8. The average molecular weight is 829 g/mol. The summed E-state index contributed by atoms with van der Waals surface area (Å²) in [6.45, 7) is 5.49. The normalized spacial score (nSPS) is 36.9. The van der Waals surface area contributed by atoms with Gasteiger partial charge in [-0.25, -0.2) is 0 Å². The molecule has 10 aliphatic rings. The summed E-state index contributed by atoms with van der Waals surface area (Å²) in [7, 11) is 0. The van der Waals surface area contributed by atoms with Crippen molar-refractivity contribution in [1.29, 1.82) is 0 Å². The molecule has 0 N–H and O–H groups in total. The molecule has 6 heterocycles. The first-order valence-electron chi connectivity index (χ1n) is 21.5. The topological polar surface area (TPSA) is 186 Å². The predicted octanol–water partition coefficient (Wildman–Crippen LogP) is 2.49. The fourth-order valence-corrected chi connectivity index (χ4v) is 12.1. The molecule has 0 radical (unpaired) electrons. The van der Waals surface area contributed by atoms with Gasteiger partial charge < -0.3 is 38.5 Å². The summed E-state index contributed by atoms with van der Waals surface area (Å²) in [5.41, 5.74) is 4.04. The highest BCUT2D eigenvalue weighted by atomic mass is 16.6. The van der Waals surface area contributed by atoms with Crippen LogP contribution in [0.2, 0.25) is 0 Å². The van der Waals surface area contributed by atoms with Crippen LogP contribution in [0.3, 0.4) is 0 Å². The Balaban J connectivity index is 0.000000154. The Morgan fingerprint density at radius 2 is 0.600 bits per heavy atom. The average Bonchev–Trinajstić information content (AvgIpc) is 3.97. The first-order chi connectivity index (χ1) is 28.7. The highest BCUT2D eigenvalue weighted by molar-refractivity contribution is 6.01. The molecule has 320 valence electrons. The van der Waals surface area contributed by atoms with Crippen molar-refractivity contribution < 1.29 is 57.3 Å². The molecule has 4 aliphatic carbocycles. The van der Waals surface area contributed by atoms with Crippen LogP contribution in [0, 0.1) is 0 Å². The molecule has 0 aromatic heterocycles. The third-order valence-electron chi connectivity index (χ3n) is 14.0. The number of piperazine rings is 2. The van der Waals surface area contributed by atoms with E-state index in [0.29, 0.717) is 51.4 Å². The Kier molecular flexibility index (Phi) is 10.3. The zero-order valence-electron chi connectivity index (χ0n) is 34.4. The Labute approximate surface area is 347 Å². The number of esters is 4. The van der Waals surface area contributed by atoms with Crippen molar-refractivity contribution in [3.63, 3.8) is 0 Å². The minimum absolute atomic E-state index is 0.0936. The van der Waals surface area contributed by atoms with Gasteiger partial charge in [-0.05, 0) is 99.3 Å². The van der Waals surface area contributed by atoms with Gasteiger partial charge in [0.2, 0.25) is 23.6 Å². The lowest BCUT2D eigenvalue weighted by atomic mass is 9.90. The maximum absolute atomic E-state index is 13.6.